The lowest BCUT2D eigenvalue weighted by Crippen LogP contribution is -2.42. The van der Waals surface area contributed by atoms with E-state index in [0.717, 1.165) is 6.42 Å². The summed E-state index contributed by atoms with van der Waals surface area (Å²) in [6.07, 6.45) is 0.926. The normalized spacial score (nSPS) is 20.3. The Hall–Kier alpha value is -1.75. The molecule has 0 bridgehead atoms. The van der Waals surface area contributed by atoms with Gasteiger partial charge in [-0.05, 0) is 25.0 Å². The number of benzene rings is 1. The number of para-hydroxylation sites is 1. The van der Waals surface area contributed by atoms with Gasteiger partial charge >= 0.3 is 0 Å². The molecule has 1 fully saturated rings. The number of phenolic OH excluding ortho intramolecular Hbond substituents is 2. The second-order valence-corrected chi connectivity index (χ2v) is 4.22. The van der Waals surface area contributed by atoms with Gasteiger partial charge in [-0.25, -0.2) is 0 Å². The van der Waals surface area contributed by atoms with Crippen LogP contribution in [0.25, 0.3) is 0 Å². The fourth-order valence-corrected chi connectivity index (χ4v) is 2.01. The van der Waals surface area contributed by atoms with Crippen LogP contribution in [0.2, 0.25) is 0 Å². The van der Waals surface area contributed by atoms with Gasteiger partial charge in [0.15, 0.2) is 11.5 Å². The quantitative estimate of drug-likeness (QED) is 0.628. The van der Waals surface area contributed by atoms with Gasteiger partial charge in [-0.3, -0.25) is 4.79 Å². The summed E-state index contributed by atoms with van der Waals surface area (Å²) >= 11 is 0. The van der Waals surface area contributed by atoms with E-state index in [-0.39, 0.29) is 23.8 Å². The van der Waals surface area contributed by atoms with E-state index in [9.17, 15) is 20.1 Å². The van der Waals surface area contributed by atoms with Crippen LogP contribution in [-0.4, -0.2) is 45.3 Å². The summed E-state index contributed by atoms with van der Waals surface area (Å²) < 4.78 is 0. The molecule has 0 unspecified atom stereocenters. The summed E-state index contributed by atoms with van der Waals surface area (Å²) in [7, 11) is 0. The number of piperidine rings is 1. The molecule has 1 aromatic carbocycles. The van der Waals surface area contributed by atoms with Gasteiger partial charge in [0.25, 0.3) is 5.91 Å². The fourth-order valence-electron chi connectivity index (χ4n) is 2.01. The number of amides is 1. The number of aromatic hydroxyl groups is 2. The molecular weight excluding hydrogens is 222 g/mol. The molecule has 3 N–H and O–H groups in total. The zero-order chi connectivity index (χ0) is 12.4. The predicted molar refractivity (Wildman–Crippen MR) is 60.9 cm³/mol. The number of aliphatic hydroxyl groups is 1. The molecule has 1 heterocycles. The standard InChI is InChI=1S/C12H15NO4/c14-8-3-2-6-13(7-8)12(17)9-4-1-5-10(15)11(9)16/h1,4-5,8,14-16H,2-3,6-7H2/t8-/m0/s1. The van der Waals surface area contributed by atoms with Crippen molar-refractivity contribution in [2.75, 3.05) is 13.1 Å². The van der Waals surface area contributed by atoms with Crippen LogP contribution in [0.3, 0.4) is 0 Å². The number of phenols is 2. The van der Waals surface area contributed by atoms with Crippen molar-refractivity contribution in [2.45, 2.75) is 18.9 Å². The molecule has 5 nitrogen and oxygen atoms in total. The molecule has 0 aromatic heterocycles. The smallest absolute Gasteiger partial charge is 0.257 e. The lowest BCUT2D eigenvalue weighted by Gasteiger charge is -2.30. The maximum atomic E-state index is 12.1. The molecule has 1 atom stereocenters. The fraction of sp³-hybridized carbons (Fsp3) is 0.417. The minimum Gasteiger partial charge on any atom is -0.504 e. The first-order valence-electron chi connectivity index (χ1n) is 5.58. The van der Waals surface area contributed by atoms with Gasteiger partial charge < -0.3 is 20.2 Å². The molecule has 5 heteroatoms. The predicted octanol–water partition coefficient (Wildman–Crippen LogP) is 0.695. The molecular formula is C12H15NO4. The van der Waals surface area contributed by atoms with Crippen LogP contribution in [0, 0.1) is 0 Å². The van der Waals surface area contributed by atoms with Crippen LogP contribution in [0.5, 0.6) is 11.5 Å². The zero-order valence-corrected chi connectivity index (χ0v) is 9.33. The van der Waals surface area contributed by atoms with Gasteiger partial charge in [-0.15, -0.1) is 0 Å². The van der Waals surface area contributed by atoms with Crippen molar-refractivity contribution in [1.29, 1.82) is 0 Å². The SMILES string of the molecule is O=C(c1cccc(O)c1O)N1CCC[C@H](O)C1. The van der Waals surface area contributed by atoms with Crippen LogP contribution in [0.4, 0.5) is 0 Å². The molecule has 17 heavy (non-hydrogen) atoms. The van der Waals surface area contributed by atoms with E-state index >= 15 is 0 Å². The average molecular weight is 237 g/mol. The molecule has 0 saturated carbocycles. The molecule has 1 aliphatic heterocycles. The first-order chi connectivity index (χ1) is 8.09. The summed E-state index contributed by atoms with van der Waals surface area (Å²) in [5.74, 6) is -1.08. The molecule has 0 spiro atoms. The number of carbonyl (C=O) groups is 1. The number of β-amino-alcohol motifs (C(OH)–C–C–N with tert-alkyl or cyclic N) is 1. The van der Waals surface area contributed by atoms with E-state index in [2.05, 4.69) is 0 Å². The Labute approximate surface area is 98.9 Å². The number of rotatable bonds is 1. The monoisotopic (exact) mass is 237 g/mol. The maximum absolute atomic E-state index is 12.1. The van der Waals surface area contributed by atoms with E-state index in [0.29, 0.717) is 13.0 Å². The number of nitrogens with zero attached hydrogens (tertiary/aromatic N) is 1. The number of hydrogen-bond acceptors (Lipinski definition) is 4. The van der Waals surface area contributed by atoms with Crippen molar-refractivity contribution in [3.8, 4) is 11.5 Å². The Bertz CT molecular complexity index is 433. The number of hydrogen-bond donors (Lipinski definition) is 3. The molecule has 0 aliphatic carbocycles. The summed E-state index contributed by atoms with van der Waals surface area (Å²) in [5, 5.41) is 28.4. The lowest BCUT2D eigenvalue weighted by molar-refractivity contribution is 0.0471. The molecule has 1 aliphatic rings. The van der Waals surface area contributed by atoms with Crippen molar-refractivity contribution in [3.05, 3.63) is 23.8 Å². The van der Waals surface area contributed by atoms with E-state index in [1.54, 1.807) is 0 Å². The van der Waals surface area contributed by atoms with Gasteiger partial charge in [-0.2, -0.15) is 0 Å². The van der Waals surface area contributed by atoms with Gasteiger partial charge in [0.1, 0.15) is 0 Å². The van der Waals surface area contributed by atoms with Crippen LogP contribution < -0.4 is 0 Å². The minimum absolute atomic E-state index is 0.0686. The molecule has 92 valence electrons. The molecule has 1 aromatic rings. The third kappa shape index (κ3) is 2.34. The topological polar surface area (TPSA) is 81.0 Å². The van der Waals surface area contributed by atoms with Crippen LogP contribution in [-0.2, 0) is 0 Å². The van der Waals surface area contributed by atoms with Gasteiger partial charge in [0.2, 0.25) is 0 Å². The van der Waals surface area contributed by atoms with E-state index in [4.69, 9.17) is 0 Å². The Morgan fingerprint density at radius 3 is 2.82 bits per heavy atom. The highest BCUT2D eigenvalue weighted by atomic mass is 16.3. The molecule has 1 saturated heterocycles. The lowest BCUT2D eigenvalue weighted by atomic mass is 10.1. The number of aliphatic hydroxyl groups excluding tert-OH is 1. The van der Waals surface area contributed by atoms with E-state index in [1.807, 2.05) is 0 Å². The second kappa shape index (κ2) is 4.63. The van der Waals surface area contributed by atoms with Crippen molar-refractivity contribution in [2.24, 2.45) is 0 Å². The van der Waals surface area contributed by atoms with Crippen LogP contribution in [0.15, 0.2) is 18.2 Å². The first-order valence-corrected chi connectivity index (χ1v) is 5.58. The molecule has 1 amide bonds. The summed E-state index contributed by atoms with van der Waals surface area (Å²) in [6.45, 7) is 0.832. The van der Waals surface area contributed by atoms with Crippen molar-refractivity contribution in [1.82, 2.24) is 4.90 Å². The van der Waals surface area contributed by atoms with E-state index < -0.39 is 11.9 Å². The van der Waals surface area contributed by atoms with Crippen molar-refractivity contribution >= 4 is 5.91 Å². The second-order valence-electron chi connectivity index (χ2n) is 4.22. The van der Waals surface area contributed by atoms with Gasteiger partial charge in [0.05, 0.1) is 11.7 Å². The van der Waals surface area contributed by atoms with Gasteiger partial charge in [0, 0.05) is 13.1 Å². The molecule has 2 rings (SSSR count). The van der Waals surface area contributed by atoms with Crippen LogP contribution >= 0.6 is 0 Å². The highest BCUT2D eigenvalue weighted by Crippen LogP contribution is 2.29. The van der Waals surface area contributed by atoms with Crippen molar-refractivity contribution in [3.63, 3.8) is 0 Å². The average Bonchev–Trinajstić information content (AvgIpc) is 2.32. The minimum atomic E-state index is -0.507. The third-order valence-electron chi connectivity index (χ3n) is 2.93. The highest BCUT2D eigenvalue weighted by molar-refractivity contribution is 5.97. The summed E-state index contributed by atoms with van der Waals surface area (Å²) in [4.78, 5) is 13.6. The number of carbonyl (C=O) groups excluding carboxylic acids is 1. The summed E-state index contributed by atoms with van der Waals surface area (Å²) in [6, 6.07) is 4.28. The molecule has 0 radical (unpaired) electrons. The Kier molecular flexibility index (Phi) is 3.19. The Morgan fingerprint density at radius 2 is 2.12 bits per heavy atom. The van der Waals surface area contributed by atoms with Crippen LogP contribution in [0.1, 0.15) is 23.2 Å². The Balaban J connectivity index is 2.22. The first kappa shape index (κ1) is 11.7. The summed E-state index contributed by atoms with van der Waals surface area (Å²) in [5.41, 5.74) is 0.0686. The van der Waals surface area contributed by atoms with Gasteiger partial charge in [-0.1, -0.05) is 6.07 Å². The maximum Gasteiger partial charge on any atom is 0.257 e. The highest BCUT2D eigenvalue weighted by Gasteiger charge is 2.25. The Morgan fingerprint density at radius 1 is 1.35 bits per heavy atom. The largest absolute Gasteiger partial charge is 0.504 e. The third-order valence-corrected chi connectivity index (χ3v) is 2.93. The van der Waals surface area contributed by atoms with Crippen molar-refractivity contribution < 1.29 is 20.1 Å². The zero-order valence-electron chi connectivity index (χ0n) is 9.33. The van der Waals surface area contributed by atoms with E-state index in [1.165, 1.54) is 23.1 Å². The number of likely N-dealkylation sites (tertiary alicyclic amines) is 1.